The van der Waals surface area contributed by atoms with Gasteiger partial charge in [-0.2, -0.15) is 4.31 Å². The van der Waals surface area contributed by atoms with Crippen LogP contribution >= 0.6 is 0 Å². The number of benzene rings is 2. The summed E-state index contributed by atoms with van der Waals surface area (Å²) in [6.07, 6.45) is 3.21. The number of hydrogen-bond acceptors (Lipinski definition) is 4. The predicted octanol–water partition coefficient (Wildman–Crippen LogP) is 2.29. The largest absolute Gasteiger partial charge is 0.376 e. The van der Waals surface area contributed by atoms with Gasteiger partial charge in [0.05, 0.1) is 11.0 Å². The minimum absolute atomic E-state index is 0.0425. The second-order valence-corrected chi connectivity index (χ2v) is 9.05. The van der Waals surface area contributed by atoms with Gasteiger partial charge in [-0.05, 0) is 48.6 Å². The summed E-state index contributed by atoms with van der Waals surface area (Å²) in [5.41, 5.74) is 0. The molecular weight excluding hydrogens is 364 g/mol. The zero-order valence-corrected chi connectivity index (χ0v) is 16.0. The molecule has 2 atom stereocenters. The molecule has 2 heterocycles. The van der Waals surface area contributed by atoms with Gasteiger partial charge in [-0.1, -0.05) is 30.3 Å². The lowest BCUT2D eigenvalue weighted by Crippen LogP contribution is -2.47. The van der Waals surface area contributed by atoms with E-state index in [-0.39, 0.29) is 16.9 Å². The zero-order chi connectivity index (χ0) is 18.9. The second-order valence-electron chi connectivity index (χ2n) is 7.16. The zero-order valence-electron chi connectivity index (χ0n) is 15.1. The lowest BCUT2D eigenvalue weighted by molar-refractivity contribution is -0.124. The number of hydrogen-bond donors (Lipinski definition) is 1. The summed E-state index contributed by atoms with van der Waals surface area (Å²) < 4.78 is 33.2. The Kier molecular flexibility index (Phi) is 5.16. The van der Waals surface area contributed by atoms with Crippen LogP contribution in [0.15, 0.2) is 47.4 Å². The van der Waals surface area contributed by atoms with E-state index in [0.717, 1.165) is 30.2 Å². The first-order valence-corrected chi connectivity index (χ1v) is 10.9. The number of rotatable bonds is 5. The van der Waals surface area contributed by atoms with Gasteiger partial charge in [0.15, 0.2) is 0 Å². The van der Waals surface area contributed by atoms with Crippen molar-refractivity contribution < 1.29 is 17.9 Å². The topological polar surface area (TPSA) is 75.7 Å². The van der Waals surface area contributed by atoms with Crippen molar-refractivity contribution in [2.45, 2.75) is 42.7 Å². The van der Waals surface area contributed by atoms with E-state index in [0.29, 0.717) is 25.9 Å². The fourth-order valence-corrected chi connectivity index (χ4v) is 5.58. The summed E-state index contributed by atoms with van der Waals surface area (Å²) in [6, 6.07) is 12.1. The van der Waals surface area contributed by atoms with Crippen LogP contribution in [0.1, 0.15) is 25.7 Å². The van der Waals surface area contributed by atoms with E-state index in [1.165, 1.54) is 4.31 Å². The molecule has 2 aromatic rings. The van der Waals surface area contributed by atoms with Crippen molar-refractivity contribution in [3.63, 3.8) is 0 Å². The van der Waals surface area contributed by atoms with E-state index in [2.05, 4.69) is 5.32 Å². The highest BCUT2D eigenvalue weighted by Gasteiger charge is 2.39. The molecule has 0 saturated carbocycles. The Morgan fingerprint density at radius 3 is 2.70 bits per heavy atom. The van der Waals surface area contributed by atoms with Gasteiger partial charge in [-0.3, -0.25) is 4.79 Å². The van der Waals surface area contributed by atoms with Gasteiger partial charge in [-0.15, -0.1) is 0 Å². The molecule has 0 aliphatic carbocycles. The molecule has 0 aromatic heterocycles. The smallest absolute Gasteiger partial charge is 0.243 e. The fraction of sp³-hybridized carbons (Fsp3) is 0.450. The van der Waals surface area contributed by atoms with Crippen molar-refractivity contribution in [2.24, 2.45) is 0 Å². The number of nitrogens with zero attached hydrogens (tertiary/aromatic N) is 1. The number of carbonyl (C=O) groups excluding carboxylic acids is 1. The van der Waals surface area contributed by atoms with Crippen LogP contribution in [0.2, 0.25) is 0 Å². The monoisotopic (exact) mass is 388 g/mol. The highest BCUT2D eigenvalue weighted by atomic mass is 32.2. The molecule has 4 rings (SSSR count). The minimum Gasteiger partial charge on any atom is -0.376 e. The summed E-state index contributed by atoms with van der Waals surface area (Å²) in [4.78, 5) is 12.9. The molecule has 0 radical (unpaired) electrons. The van der Waals surface area contributed by atoms with Gasteiger partial charge >= 0.3 is 0 Å². The quantitative estimate of drug-likeness (QED) is 0.853. The summed E-state index contributed by atoms with van der Waals surface area (Å²) >= 11 is 0. The van der Waals surface area contributed by atoms with Crippen molar-refractivity contribution in [3.05, 3.63) is 42.5 Å². The molecule has 2 aliphatic rings. The Bertz CT molecular complexity index is 938. The van der Waals surface area contributed by atoms with Gasteiger partial charge in [0, 0.05) is 19.7 Å². The fourth-order valence-electron chi connectivity index (χ4n) is 3.89. The maximum Gasteiger partial charge on any atom is 0.243 e. The van der Waals surface area contributed by atoms with E-state index in [1.807, 2.05) is 30.3 Å². The molecule has 144 valence electrons. The van der Waals surface area contributed by atoms with Crippen molar-refractivity contribution in [1.82, 2.24) is 9.62 Å². The Labute approximate surface area is 159 Å². The maximum absolute atomic E-state index is 13.2. The van der Waals surface area contributed by atoms with Crippen LogP contribution in [0.5, 0.6) is 0 Å². The van der Waals surface area contributed by atoms with E-state index < -0.39 is 16.1 Å². The SMILES string of the molecule is O=C(NC[C@H]1CCCO1)[C@@H]1CCCN1S(=O)(=O)c1ccc2ccccc2c1. The Morgan fingerprint density at radius 2 is 1.93 bits per heavy atom. The first kappa shape index (κ1) is 18.4. The van der Waals surface area contributed by atoms with Crippen LogP contribution in [0, 0.1) is 0 Å². The average molecular weight is 388 g/mol. The number of amides is 1. The molecule has 0 unspecified atom stereocenters. The molecule has 2 aliphatic heterocycles. The van der Waals surface area contributed by atoms with E-state index in [1.54, 1.807) is 12.1 Å². The van der Waals surface area contributed by atoms with Crippen molar-refractivity contribution >= 4 is 26.7 Å². The van der Waals surface area contributed by atoms with Crippen LogP contribution in [-0.4, -0.2) is 50.5 Å². The third kappa shape index (κ3) is 3.72. The summed E-state index contributed by atoms with van der Waals surface area (Å²) in [5.74, 6) is -0.229. The number of sulfonamides is 1. The highest BCUT2D eigenvalue weighted by Crippen LogP contribution is 2.28. The highest BCUT2D eigenvalue weighted by molar-refractivity contribution is 7.89. The van der Waals surface area contributed by atoms with Gasteiger partial charge in [-0.25, -0.2) is 8.42 Å². The third-order valence-corrected chi connectivity index (χ3v) is 7.27. The molecule has 1 amide bonds. The Balaban J connectivity index is 1.52. The van der Waals surface area contributed by atoms with Crippen molar-refractivity contribution in [2.75, 3.05) is 19.7 Å². The van der Waals surface area contributed by atoms with Gasteiger partial charge in [0.2, 0.25) is 15.9 Å². The molecule has 2 aromatic carbocycles. The number of ether oxygens (including phenoxy) is 1. The lowest BCUT2D eigenvalue weighted by Gasteiger charge is -2.24. The van der Waals surface area contributed by atoms with Crippen LogP contribution in [0.3, 0.4) is 0 Å². The first-order valence-electron chi connectivity index (χ1n) is 9.46. The molecule has 0 spiro atoms. The second kappa shape index (κ2) is 7.58. The Morgan fingerprint density at radius 1 is 1.11 bits per heavy atom. The number of nitrogens with one attached hydrogen (secondary N) is 1. The molecule has 2 saturated heterocycles. The summed E-state index contributed by atoms with van der Waals surface area (Å²) in [7, 11) is -3.72. The molecular formula is C20H24N2O4S. The van der Waals surface area contributed by atoms with E-state index >= 15 is 0 Å². The molecule has 0 bridgehead atoms. The average Bonchev–Trinajstić information content (AvgIpc) is 3.37. The maximum atomic E-state index is 13.2. The molecule has 27 heavy (non-hydrogen) atoms. The van der Waals surface area contributed by atoms with Crippen molar-refractivity contribution in [3.8, 4) is 0 Å². The minimum atomic E-state index is -3.72. The van der Waals surface area contributed by atoms with Crippen LogP contribution in [0.4, 0.5) is 0 Å². The molecule has 1 N–H and O–H groups in total. The molecule has 6 nitrogen and oxygen atoms in total. The predicted molar refractivity (Wildman–Crippen MR) is 103 cm³/mol. The third-order valence-electron chi connectivity index (χ3n) is 5.36. The van der Waals surface area contributed by atoms with E-state index in [9.17, 15) is 13.2 Å². The lowest BCUT2D eigenvalue weighted by atomic mass is 10.1. The molecule has 7 heteroatoms. The van der Waals surface area contributed by atoms with Gasteiger partial charge in [0.1, 0.15) is 6.04 Å². The van der Waals surface area contributed by atoms with Crippen molar-refractivity contribution in [1.29, 1.82) is 0 Å². The van der Waals surface area contributed by atoms with Gasteiger partial charge < -0.3 is 10.1 Å². The molecule has 2 fully saturated rings. The first-order chi connectivity index (χ1) is 13.1. The number of carbonyl (C=O) groups is 1. The van der Waals surface area contributed by atoms with E-state index in [4.69, 9.17) is 4.74 Å². The normalized spacial score (nSPS) is 23.7. The summed E-state index contributed by atoms with van der Waals surface area (Å²) in [5, 5.41) is 4.74. The van der Waals surface area contributed by atoms with Crippen LogP contribution in [-0.2, 0) is 19.6 Å². The van der Waals surface area contributed by atoms with Crippen LogP contribution < -0.4 is 5.32 Å². The Hall–Kier alpha value is -1.96. The standard InChI is InChI=1S/C20H24N2O4S/c23-20(21-14-17-7-4-12-26-17)19-8-3-11-22(19)27(24,25)18-10-9-15-5-1-2-6-16(15)13-18/h1-2,5-6,9-10,13,17,19H,3-4,7-8,11-12,14H2,(H,21,23)/t17-,19+/m1/s1. The van der Waals surface area contributed by atoms with Crippen LogP contribution in [0.25, 0.3) is 10.8 Å². The number of fused-ring (bicyclic) bond motifs is 1. The summed E-state index contributed by atoms with van der Waals surface area (Å²) in [6.45, 7) is 1.54. The van der Waals surface area contributed by atoms with Gasteiger partial charge in [0.25, 0.3) is 0 Å².